The second-order valence-corrected chi connectivity index (χ2v) is 8.98. The van der Waals surface area contributed by atoms with Gasteiger partial charge in [0.15, 0.2) is 11.0 Å². The molecule has 152 valence electrons. The first kappa shape index (κ1) is 21.1. The third kappa shape index (κ3) is 5.07. The molecule has 3 rings (SSSR count). The SMILES string of the molecule is CCc1ccccc1NC(=O)CSc1nnc(-c2ccc(C(C)(C)C)cc2)n1C. The molecule has 0 saturated carbocycles. The Morgan fingerprint density at radius 1 is 1.07 bits per heavy atom. The molecule has 0 aliphatic rings. The van der Waals surface area contributed by atoms with Crippen LogP contribution >= 0.6 is 11.8 Å². The van der Waals surface area contributed by atoms with E-state index in [0.717, 1.165) is 34.2 Å². The van der Waals surface area contributed by atoms with Crippen LogP contribution < -0.4 is 5.32 Å². The number of rotatable bonds is 6. The van der Waals surface area contributed by atoms with Crippen LogP contribution in [0, 0.1) is 0 Å². The van der Waals surface area contributed by atoms with Crippen molar-refractivity contribution in [3.8, 4) is 11.4 Å². The third-order valence-corrected chi connectivity index (χ3v) is 5.87. The Kier molecular flexibility index (Phi) is 6.42. The summed E-state index contributed by atoms with van der Waals surface area (Å²) < 4.78 is 1.93. The molecule has 5 nitrogen and oxygen atoms in total. The lowest BCUT2D eigenvalue weighted by Gasteiger charge is -2.19. The van der Waals surface area contributed by atoms with Gasteiger partial charge >= 0.3 is 0 Å². The van der Waals surface area contributed by atoms with Crippen LogP contribution in [0.25, 0.3) is 11.4 Å². The molecule has 29 heavy (non-hydrogen) atoms. The smallest absolute Gasteiger partial charge is 0.234 e. The van der Waals surface area contributed by atoms with E-state index in [4.69, 9.17) is 0 Å². The Bertz CT molecular complexity index is 987. The van der Waals surface area contributed by atoms with E-state index in [0.29, 0.717) is 0 Å². The number of carbonyl (C=O) groups is 1. The number of hydrogen-bond acceptors (Lipinski definition) is 4. The quantitative estimate of drug-likeness (QED) is 0.578. The predicted octanol–water partition coefficient (Wildman–Crippen LogP) is 5.07. The average Bonchev–Trinajstić information content (AvgIpc) is 3.06. The van der Waals surface area contributed by atoms with E-state index in [1.54, 1.807) is 0 Å². The van der Waals surface area contributed by atoms with Gasteiger partial charge in [0.05, 0.1) is 5.75 Å². The molecule has 3 aromatic rings. The Morgan fingerprint density at radius 3 is 2.41 bits per heavy atom. The van der Waals surface area contributed by atoms with E-state index in [2.05, 4.69) is 67.5 Å². The topological polar surface area (TPSA) is 59.8 Å². The van der Waals surface area contributed by atoms with Gasteiger partial charge in [-0.2, -0.15) is 0 Å². The van der Waals surface area contributed by atoms with Crippen LogP contribution in [-0.2, 0) is 23.7 Å². The second kappa shape index (κ2) is 8.82. The predicted molar refractivity (Wildman–Crippen MR) is 120 cm³/mol. The summed E-state index contributed by atoms with van der Waals surface area (Å²) in [5.41, 5.74) is 4.41. The summed E-state index contributed by atoms with van der Waals surface area (Å²) in [5.74, 6) is 1.03. The number of nitrogens with zero attached hydrogens (tertiary/aromatic N) is 3. The molecule has 0 aliphatic heterocycles. The number of para-hydroxylation sites is 1. The first-order valence-corrected chi connectivity index (χ1v) is 10.8. The number of thioether (sulfide) groups is 1. The standard InChI is InChI=1S/C23H28N4OS/c1-6-16-9-7-8-10-19(16)24-20(28)15-29-22-26-25-21(27(22)5)17-11-13-18(14-12-17)23(2,3)4/h7-14H,6,15H2,1-5H3,(H,24,28). The minimum atomic E-state index is -0.0463. The van der Waals surface area contributed by atoms with Crippen molar-refractivity contribution in [2.24, 2.45) is 7.05 Å². The zero-order valence-electron chi connectivity index (χ0n) is 17.7. The van der Waals surface area contributed by atoms with Crippen LogP contribution in [-0.4, -0.2) is 26.4 Å². The van der Waals surface area contributed by atoms with Crippen LogP contribution in [0.4, 0.5) is 5.69 Å². The maximum atomic E-state index is 12.4. The van der Waals surface area contributed by atoms with Gasteiger partial charge in [0.25, 0.3) is 0 Å². The molecule has 0 fully saturated rings. The van der Waals surface area contributed by atoms with Crippen LogP contribution in [0.15, 0.2) is 53.7 Å². The van der Waals surface area contributed by atoms with Gasteiger partial charge in [0.1, 0.15) is 0 Å². The summed E-state index contributed by atoms with van der Waals surface area (Å²) >= 11 is 1.39. The summed E-state index contributed by atoms with van der Waals surface area (Å²) in [6, 6.07) is 16.3. The van der Waals surface area contributed by atoms with Crippen molar-refractivity contribution >= 4 is 23.4 Å². The molecule has 0 unspecified atom stereocenters. The van der Waals surface area contributed by atoms with Crippen LogP contribution in [0.5, 0.6) is 0 Å². The minimum Gasteiger partial charge on any atom is -0.325 e. The highest BCUT2D eigenvalue weighted by atomic mass is 32.2. The molecular formula is C23H28N4OS. The number of aromatic nitrogens is 3. The lowest BCUT2D eigenvalue weighted by molar-refractivity contribution is -0.113. The molecule has 0 spiro atoms. The van der Waals surface area contributed by atoms with Crippen molar-refractivity contribution in [1.82, 2.24) is 14.8 Å². The van der Waals surface area contributed by atoms with Gasteiger partial charge in [-0.15, -0.1) is 10.2 Å². The molecule has 0 aliphatic carbocycles. The lowest BCUT2D eigenvalue weighted by Crippen LogP contribution is -2.15. The van der Waals surface area contributed by atoms with Crippen molar-refractivity contribution in [3.63, 3.8) is 0 Å². The number of carbonyl (C=O) groups excluding carboxylic acids is 1. The molecule has 1 amide bonds. The Hall–Kier alpha value is -2.60. The first-order chi connectivity index (χ1) is 13.8. The van der Waals surface area contributed by atoms with Gasteiger partial charge < -0.3 is 9.88 Å². The fraction of sp³-hybridized carbons (Fsp3) is 0.348. The van der Waals surface area contributed by atoms with E-state index in [1.165, 1.54) is 17.3 Å². The summed E-state index contributed by atoms with van der Waals surface area (Å²) in [6.45, 7) is 8.67. The minimum absolute atomic E-state index is 0.0463. The summed E-state index contributed by atoms with van der Waals surface area (Å²) in [7, 11) is 1.93. The molecule has 6 heteroatoms. The summed E-state index contributed by atoms with van der Waals surface area (Å²) in [6.07, 6.45) is 0.879. The molecule has 1 aromatic heterocycles. The Labute approximate surface area is 176 Å². The first-order valence-electron chi connectivity index (χ1n) is 9.80. The highest BCUT2D eigenvalue weighted by molar-refractivity contribution is 7.99. The van der Waals surface area contributed by atoms with Gasteiger partial charge in [-0.3, -0.25) is 4.79 Å². The van der Waals surface area contributed by atoms with Gasteiger partial charge in [-0.25, -0.2) is 0 Å². The van der Waals surface area contributed by atoms with Gasteiger partial charge in [-0.1, -0.05) is 81.9 Å². The number of nitrogens with one attached hydrogen (secondary N) is 1. The molecule has 0 bridgehead atoms. The van der Waals surface area contributed by atoms with Crippen LogP contribution in [0.3, 0.4) is 0 Å². The molecule has 0 atom stereocenters. The molecule has 1 heterocycles. The van der Waals surface area contributed by atoms with Gasteiger partial charge in [0, 0.05) is 18.3 Å². The largest absolute Gasteiger partial charge is 0.325 e. The molecule has 1 N–H and O–H groups in total. The van der Waals surface area contributed by atoms with E-state index < -0.39 is 0 Å². The summed E-state index contributed by atoms with van der Waals surface area (Å²) in [5, 5.41) is 12.3. The van der Waals surface area contributed by atoms with Crippen molar-refractivity contribution in [2.45, 2.75) is 44.7 Å². The van der Waals surface area contributed by atoms with Crippen LogP contribution in [0.1, 0.15) is 38.8 Å². The number of aryl methyl sites for hydroxylation is 1. The van der Waals surface area contributed by atoms with Crippen molar-refractivity contribution in [1.29, 1.82) is 0 Å². The Morgan fingerprint density at radius 2 is 1.76 bits per heavy atom. The van der Waals surface area contributed by atoms with Crippen molar-refractivity contribution < 1.29 is 4.79 Å². The monoisotopic (exact) mass is 408 g/mol. The lowest BCUT2D eigenvalue weighted by atomic mass is 9.87. The maximum Gasteiger partial charge on any atom is 0.234 e. The van der Waals surface area contributed by atoms with Gasteiger partial charge in [0.2, 0.25) is 5.91 Å². The zero-order valence-corrected chi connectivity index (χ0v) is 18.5. The molecular weight excluding hydrogens is 380 g/mol. The molecule has 0 radical (unpaired) electrons. The normalized spacial score (nSPS) is 11.5. The van der Waals surface area contributed by atoms with E-state index >= 15 is 0 Å². The second-order valence-electron chi connectivity index (χ2n) is 8.04. The fourth-order valence-electron chi connectivity index (χ4n) is 3.08. The maximum absolute atomic E-state index is 12.4. The Balaban J connectivity index is 1.66. The van der Waals surface area contributed by atoms with E-state index in [-0.39, 0.29) is 17.1 Å². The van der Waals surface area contributed by atoms with Crippen molar-refractivity contribution in [2.75, 3.05) is 11.1 Å². The number of benzene rings is 2. The molecule has 2 aromatic carbocycles. The highest BCUT2D eigenvalue weighted by Crippen LogP contribution is 2.27. The van der Waals surface area contributed by atoms with Gasteiger partial charge in [-0.05, 0) is 29.0 Å². The third-order valence-electron chi connectivity index (χ3n) is 4.85. The highest BCUT2D eigenvalue weighted by Gasteiger charge is 2.16. The average molecular weight is 409 g/mol. The fourth-order valence-corrected chi connectivity index (χ4v) is 3.79. The summed E-state index contributed by atoms with van der Waals surface area (Å²) in [4.78, 5) is 12.4. The number of anilines is 1. The zero-order chi connectivity index (χ0) is 21.0. The van der Waals surface area contributed by atoms with Crippen molar-refractivity contribution in [3.05, 3.63) is 59.7 Å². The van der Waals surface area contributed by atoms with Crippen LogP contribution in [0.2, 0.25) is 0 Å². The van der Waals surface area contributed by atoms with E-state index in [9.17, 15) is 4.79 Å². The number of amides is 1. The number of hydrogen-bond donors (Lipinski definition) is 1. The molecule has 0 saturated heterocycles. The van der Waals surface area contributed by atoms with E-state index in [1.807, 2.05) is 35.9 Å².